The minimum absolute atomic E-state index is 0.107. The molecule has 0 fully saturated rings. The number of rotatable bonds is 8. The summed E-state index contributed by atoms with van der Waals surface area (Å²) in [6.45, 7) is -0.148. The molecule has 0 radical (unpaired) electrons. The lowest BCUT2D eigenvalue weighted by atomic mass is 10.1. The smallest absolute Gasteiger partial charge is 0.394 e. The molecule has 0 saturated heterocycles. The summed E-state index contributed by atoms with van der Waals surface area (Å²) in [7, 11) is 0. The molecule has 12 heteroatoms. The van der Waals surface area contributed by atoms with E-state index in [0.717, 1.165) is 23.3 Å². The van der Waals surface area contributed by atoms with E-state index in [1.165, 1.54) is 33.9 Å². The predicted octanol–water partition coefficient (Wildman–Crippen LogP) is 5.36. The Morgan fingerprint density at radius 1 is 0.975 bits per heavy atom. The lowest BCUT2D eigenvalue weighted by Crippen LogP contribution is -2.30. The molecule has 0 amide bonds. The third kappa shape index (κ3) is 5.90. The molecule has 5 rings (SSSR count). The van der Waals surface area contributed by atoms with E-state index in [2.05, 4.69) is 20.7 Å². The number of aliphatic hydroxyl groups excluding tert-OH is 1. The zero-order valence-corrected chi connectivity index (χ0v) is 21.5. The van der Waals surface area contributed by atoms with Gasteiger partial charge in [0.15, 0.2) is 0 Å². The first-order valence-electron chi connectivity index (χ1n) is 12.1. The van der Waals surface area contributed by atoms with E-state index in [4.69, 9.17) is 11.6 Å². The predicted molar refractivity (Wildman–Crippen MR) is 144 cm³/mol. The fourth-order valence-electron chi connectivity index (χ4n) is 4.10. The van der Waals surface area contributed by atoms with E-state index in [-0.39, 0.29) is 24.5 Å². The van der Waals surface area contributed by atoms with Crippen molar-refractivity contribution in [2.24, 2.45) is 0 Å². The van der Waals surface area contributed by atoms with E-state index in [0.29, 0.717) is 16.3 Å². The van der Waals surface area contributed by atoms with Crippen LogP contribution in [0.3, 0.4) is 0 Å². The van der Waals surface area contributed by atoms with Crippen molar-refractivity contribution >= 4 is 17.3 Å². The number of benzene rings is 3. The van der Waals surface area contributed by atoms with E-state index in [9.17, 15) is 23.1 Å². The lowest BCUT2D eigenvalue weighted by molar-refractivity contribution is -0.137. The first-order chi connectivity index (χ1) is 19.2. The quantitative estimate of drug-likeness (QED) is 0.262. The number of anilines is 1. The summed E-state index contributed by atoms with van der Waals surface area (Å²) in [6.07, 6.45) is -1.53. The zero-order valence-electron chi connectivity index (χ0n) is 20.8. The second-order valence-corrected chi connectivity index (χ2v) is 9.34. The van der Waals surface area contributed by atoms with Crippen LogP contribution in [0.2, 0.25) is 5.02 Å². The maximum Gasteiger partial charge on any atom is 0.416 e. The van der Waals surface area contributed by atoms with Gasteiger partial charge in [0.2, 0.25) is 0 Å². The third-order valence-electron chi connectivity index (χ3n) is 6.22. The Morgan fingerprint density at radius 2 is 1.68 bits per heavy atom. The first kappa shape index (κ1) is 27.1. The molecule has 40 heavy (non-hydrogen) atoms. The van der Waals surface area contributed by atoms with Crippen molar-refractivity contribution in [2.45, 2.75) is 18.8 Å². The molecule has 2 heterocycles. The van der Waals surface area contributed by atoms with Crippen molar-refractivity contribution in [1.82, 2.24) is 24.8 Å². The molecule has 0 bridgehead atoms. The topological polar surface area (TPSA) is 97.9 Å². The van der Waals surface area contributed by atoms with Crippen molar-refractivity contribution in [1.29, 1.82) is 0 Å². The lowest BCUT2D eigenvalue weighted by Gasteiger charge is -2.20. The van der Waals surface area contributed by atoms with E-state index in [1.807, 2.05) is 30.3 Å². The standard InChI is InChI=1S/C28H22ClF3N6O2/c29-22-12-6-18(7-13-22)15-38-27(40)26(34-24(17-39)19-4-2-1-3-5-19)25(14-33-38)37-16-23(35-36-37)20-8-10-21(11-9-20)28(30,31)32/h1-14,16,24,34,39H,15,17H2. The highest BCUT2D eigenvalue weighted by atomic mass is 35.5. The average molecular weight is 567 g/mol. The minimum Gasteiger partial charge on any atom is -0.394 e. The summed E-state index contributed by atoms with van der Waals surface area (Å²) in [5, 5.41) is 26.3. The van der Waals surface area contributed by atoms with Gasteiger partial charge in [0, 0.05) is 10.6 Å². The zero-order chi connectivity index (χ0) is 28.3. The Bertz CT molecular complexity index is 1650. The van der Waals surface area contributed by atoms with E-state index < -0.39 is 23.3 Å². The fourth-order valence-corrected chi connectivity index (χ4v) is 4.23. The molecule has 5 aromatic rings. The van der Waals surface area contributed by atoms with Gasteiger partial charge < -0.3 is 10.4 Å². The molecule has 0 aliphatic rings. The van der Waals surface area contributed by atoms with Gasteiger partial charge in [-0.1, -0.05) is 71.4 Å². The van der Waals surface area contributed by atoms with Crippen LogP contribution < -0.4 is 10.9 Å². The van der Waals surface area contributed by atoms with Crippen molar-refractivity contribution < 1.29 is 18.3 Å². The molecule has 2 N–H and O–H groups in total. The van der Waals surface area contributed by atoms with Crippen LogP contribution >= 0.6 is 11.6 Å². The summed E-state index contributed by atoms with van der Waals surface area (Å²) < 4.78 is 41.5. The molecule has 8 nitrogen and oxygen atoms in total. The molecular formula is C28H22ClF3N6O2. The number of alkyl halides is 3. The molecular weight excluding hydrogens is 545 g/mol. The monoisotopic (exact) mass is 566 g/mol. The molecule has 0 spiro atoms. The van der Waals surface area contributed by atoms with Crippen LogP contribution in [-0.4, -0.2) is 36.5 Å². The molecule has 0 aliphatic carbocycles. The Morgan fingerprint density at radius 3 is 2.33 bits per heavy atom. The summed E-state index contributed by atoms with van der Waals surface area (Å²) in [5.41, 5.74) is 1.36. The summed E-state index contributed by atoms with van der Waals surface area (Å²) in [6, 6.07) is 20.0. The number of aliphatic hydroxyl groups is 1. The fraction of sp³-hybridized carbons (Fsp3) is 0.143. The van der Waals surface area contributed by atoms with Gasteiger partial charge in [0.1, 0.15) is 17.1 Å². The first-order valence-corrected chi connectivity index (χ1v) is 12.5. The second kappa shape index (κ2) is 11.3. The van der Waals surface area contributed by atoms with Crippen LogP contribution in [0.5, 0.6) is 0 Å². The van der Waals surface area contributed by atoms with Gasteiger partial charge in [0.05, 0.1) is 37.2 Å². The highest BCUT2D eigenvalue weighted by molar-refractivity contribution is 6.30. The maximum absolute atomic E-state index is 13.7. The number of hydrogen-bond donors (Lipinski definition) is 2. The van der Waals surface area contributed by atoms with Crippen LogP contribution in [0.15, 0.2) is 96.1 Å². The maximum atomic E-state index is 13.7. The molecule has 2 aromatic heterocycles. The van der Waals surface area contributed by atoms with Crippen LogP contribution in [0, 0.1) is 0 Å². The van der Waals surface area contributed by atoms with Gasteiger partial charge in [-0.25, -0.2) is 9.36 Å². The van der Waals surface area contributed by atoms with Gasteiger partial charge in [-0.3, -0.25) is 4.79 Å². The average Bonchev–Trinajstić information content (AvgIpc) is 3.45. The number of nitrogens with zero attached hydrogens (tertiary/aromatic N) is 5. The highest BCUT2D eigenvalue weighted by Gasteiger charge is 2.30. The van der Waals surface area contributed by atoms with E-state index >= 15 is 0 Å². The highest BCUT2D eigenvalue weighted by Crippen LogP contribution is 2.31. The molecule has 204 valence electrons. The van der Waals surface area contributed by atoms with Gasteiger partial charge in [-0.2, -0.15) is 18.3 Å². The van der Waals surface area contributed by atoms with Crippen molar-refractivity contribution in [3.63, 3.8) is 0 Å². The Balaban J connectivity index is 1.54. The normalized spacial score (nSPS) is 12.3. The summed E-state index contributed by atoms with van der Waals surface area (Å²) in [5.74, 6) is 0. The van der Waals surface area contributed by atoms with Crippen LogP contribution in [0.4, 0.5) is 18.9 Å². The van der Waals surface area contributed by atoms with Gasteiger partial charge >= 0.3 is 6.18 Å². The SMILES string of the molecule is O=c1c(NC(CO)c2ccccc2)c(-n2cc(-c3ccc(C(F)(F)F)cc3)nn2)cnn1Cc1ccc(Cl)cc1. The molecule has 0 saturated carbocycles. The second-order valence-electron chi connectivity index (χ2n) is 8.91. The number of hydrogen-bond acceptors (Lipinski definition) is 6. The number of aromatic nitrogens is 5. The van der Waals surface area contributed by atoms with Gasteiger partial charge in [-0.15, -0.1) is 5.10 Å². The van der Waals surface area contributed by atoms with Crippen LogP contribution in [0.1, 0.15) is 22.7 Å². The largest absolute Gasteiger partial charge is 0.416 e. The number of halogens is 4. The molecule has 0 aliphatic heterocycles. The Hall–Kier alpha value is -4.48. The third-order valence-corrected chi connectivity index (χ3v) is 6.47. The van der Waals surface area contributed by atoms with Crippen molar-refractivity contribution in [3.8, 4) is 16.9 Å². The summed E-state index contributed by atoms with van der Waals surface area (Å²) in [4.78, 5) is 13.7. The van der Waals surface area contributed by atoms with Crippen molar-refractivity contribution in [3.05, 3.63) is 123 Å². The summed E-state index contributed by atoms with van der Waals surface area (Å²) >= 11 is 5.98. The Labute approximate surface area is 231 Å². The minimum atomic E-state index is -4.46. The molecule has 1 atom stereocenters. The molecule has 3 aromatic carbocycles. The number of nitrogens with one attached hydrogen (secondary N) is 1. The van der Waals surface area contributed by atoms with E-state index in [1.54, 1.807) is 24.3 Å². The Kier molecular flexibility index (Phi) is 7.67. The van der Waals surface area contributed by atoms with Crippen LogP contribution in [0.25, 0.3) is 16.9 Å². The van der Waals surface area contributed by atoms with Gasteiger partial charge in [0.25, 0.3) is 5.56 Å². The molecule has 1 unspecified atom stereocenters. The van der Waals surface area contributed by atoms with Gasteiger partial charge in [-0.05, 0) is 35.4 Å². The van der Waals surface area contributed by atoms with Crippen LogP contribution in [-0.2, 0) is 12.7 Å². The van der Waals surface area contributed by atoms with Crippen molar-refractivity contribution in [2.75, 3.05) is 11.9 Å².